The van der Waals surface area contributed by atoms with E-state index in [0.717, 1.165) is 10.6 Å². The number of ether oxygens (including phenoxy) is 1. The van der Waals surface area contributed by atoms with Crippen molar-refractivity contribution in [2.45, 2.75) is 19.9 Å². The molecule has 1 atom stereocenters. The van der Waals surface area contributed by atoms with E-state index in [-0.39, 0.29) is 13.2 Å². The summed E-state index contributed by atoms with van der Waals surface area (Å²) in [6.07, 6.45) is 0.996. The van der Waals surface area contributed by atoms with E-state index in [0.29, 0.717) is 15.6 Å². The van der Waals surface area contributed by atoms with Gasteiger partial charge in [0.2, 0.25) is 15.9 Å². The van der Waals surface area contributed by atoms with Gasteiger partial charge in [0.1, 0.15) is 0 Å². The quantitative estimate of drug-likeness (QED) is 0.597. The van der Waals surface area contributed by atoms with Crippen molar-refractivity contribution < 1.29 is 22.7 Å². The van der Waals surface area contributed by atoms with Gasteiger partial charge in [-0.25, -0.2) is 13.2 Å². The lowest BCUT2D eigenvalue weighted by Crippen LogP contribution is -2.45. The summed E-state index contributed by atoms with van der Waals surface area (Å²) in [5.41, 5.74) is 0.387. The van der Waals surface area contributed by atoms with Crippen LogP contribution in [0.15, 0.2) is 18.2 Å². The number of halogens is 2. The molecule has 0 aliphatic rings. The molecule has 7 nitrogen and oxygen atoms in total. The first-order valence-corrected chi connectivity index (χ1v) is 10.4. The molecule has 10 heteroatoms. The largest absolute Gasteiger partial charge is 0.464 e. The Balaban J connectivity index is 3.29. The minimum atomic E-state index is -3.55. The Labute approximate surface area is 163 Å². The number of esters is 1. The maximum absolute atomic E-state index is 12.7. The fourth-order valence-corrected chi connectivity index (χ4v) is 3.19. The topological polar surface area (TPSA) is 84.0 Å². The zero-order chi connectivity index (χ0) is 20.1. The number of hydrogen-bond acceptors (Lipinski definition) is 5. The minimum Gasteiger partial charge on any atom is -0.464 e. The summed E-state index contributed by atoms with van der Waals surface area (Å²) in [6, 6.07) is 3.46. The Morgan fingerprint density at radius 3 is 2.12 bits per heavy atom. The van der Waals surface area contributed by atoms with E-state index in [4.69, 9.17) is 27.9 Å². The summed E-state index contributed by atoms with van der Waals surface area (Å²) in [5.74, 6) is -1.20. The van der Waals surface area contributed by atoms with Crippen molar-refractivity contribution >= 4 is 45.1 Å². The van der Waals surface area contributed by atoms with Gasteiger partial charge in [-0.3, -0.25) is 4.79 Å². The zero-order valence-electron chi connectivity index (χ0n) is 15.0. The highest BCUT2D eigenvalue weighted by molar-refractivity contribution is 7.88. The van der Waals surface area contributed by atoms with Crippen molar-refractivity contribution in [2.24, 2.45) is 0 Å². The summed E-state index contributed by atoms with van der Waals surface area (Å²) >= 11 is 12.0. The van der Waals surface area contributed by atoms with Gasteiger partial charge < -0.3 is 9.64 Å². The van der Waals surface area contributed by atoms with Crippen LogP contribution >= 0.6 is 23.2 Å². The predicted octanol–water partition coefficient (Wildman–Crippen LogP) is 2.34. The smallest absolute Gasteiger partial charge is 0.333 e. The molecule has 0 aromatic heterocycles. The molecule has 26 heavy (non-hydrogen) atoms. The molecule has 1 aromatic carbocycles. The Kier molecular flexibility index (Phi) is 8.33. The molecule has 1 amide bonds. The molecule has 0 heterocycles. The third kappa shape index (κ3) is 6.12. The lowest BCUT2D eigenvalue weighted by molar-refractivity contribution is -0.155. The minimum absolute atomic E-state index is 0.124. The Morgan fingerprint density at radius 2 is 1.69 bits per heavy atom. The van der Waals surface area contributed by atoms with Gasteiger partial charge in [-0.1, -0.05) is 23.2 Å². The molecule has 0 N–H and O–H groups in total. The van der Waals surface area contributed by atoms with Gasteiger partial charge in [-0.2, -0.15) is 4.31 Å². The van der Waals surface area contributed by atoms with Gasteiger partial charge in [0, 0.05) is 23.6 Å². The van der Waals surface area contributed by atoms with Crippen molar-refractivity contribution in [3.8, 4) is 0 Å². The molecule has 0 unspecified atom stereocenters. The highest BCUT2D eigenvalue weighted by atomic mass is 35.5. The molecule has 1 aromatic rings. The fourth-order valence-electron chi connectivity index (χ4n) is 2.30. The van der Waals surface area contributed by atoms with E-state index in [1.165, 1.54) is 30.1 Å². The first-order valence-electron chi connectivity index (χ1n) is 7.84. The molecule has 0 spiro atoms. The summed E-state index contributed by atoms with van der Waals surface area (Å²) in [7, 11) is -2.26. The maximum Gasteiger partial charge on any atom is 0.333 e. The summed E-state index contributed by atoms with van der Waals surface area (Å²) in [5, 5.41) is 0.608. The van der Waals surface area contributed by atoms with Crippen LogP contribution in [0, 0.1) is 0 Å². The van der Waals surface area contributed by atoms with Gasteiger partial charge >= 0.3 is 5.97 Å². The SMILES string of the molecule is CCOC(=O)[C@@H](c1cc(Cl)cc(Cl)c1)N(CC)C(=O)CN(C)S(C)(=O)=O. The molecule has 0 aliphatic heterocycles. The standard InChI is InChI=1S/C16H22Cl2N2O5S/c1-5-20(14(21)10-19(3)26(4,23)24)15(16(22)25-6-2)11-7-12(17)9-13(18)8-11/h7-9,15H,5-6,10H2,1-4H3/t15-/m1/s1. The number of amides is 1. The lowest BCUT2D eigenvalue weighted by atomic mass is 10.0. The van der Waals surface area contributed by atoms with Crippen LogP contribution in [0.4, 0.5) is 0 Å². The second-order valence-corrected chi connectivity index (χ2v) is 8.52. The van der Waals surface area contributed by atoms with E-state index in [9.17, 15) is 18.0 Å². The molecule has 0 bridgehead atoms. The Hall–Kier alpha value is -1.35. The third-order valence-electron chi connectivity index (χ3n) is 3.61. The normalized spacial score (nSPS) is 12.7. The van der Waals surface area contributed by atoms with Gasteiger partial charge in [-0.15, -0.1) is 0 Å². The number of hydrogen-bond donors (Lipinski definition) is 0. The number of carbonyl (C=O) groups excluding carboxylic acids is 2. The van der Waals surface area contributed by atoms with Gasteiger partial charge in [0.05, 0.1) is 19.4 Å². The van der Waals surface area contributed by atoms with E-state index >= 15 is 0 Å². The Bertz CT molecular complexity index is 750. The van der Waals surface area contributed by atoms with Crippen LogP contribution < -0.4 is 0 Å². The fraction of sp³-hybridized carbons (Fsp3) is 0.500. The van der Waals surface area contributed by atoms with Crippen molar-refractivity contribution in [3.05, 3.63) is 33.8 Å². The van der Waals surface area contributed by atoms with E-state index in [1.807, 2.05) is 0 Å². The molecule has 0 saturated carbocycles. The van der Waals surface area contributed by atoms with Crippen molar-refractivity contribution in [1.82, 2.24) is 9.21 Å². The first kappa shape index (κ1) is 22.7. The van der Waals surface area contributed by atoms with Crippen LogP contribution in [0.3, 0.4) is 0 Å². The monoisotopic (exact) mass is 424 g/mol. The van der Waals surface area contributed by atoms with Crippen molar-refractivity contribution in [3.63, 3.8) is 0 Å². The number of benzene rings is 1. The molecule has 0 aliphatic carbocycles. The van der Waals surface area contributed by atoms with E-state index in [2.05, 4.69) is 0 Å². The second-order valence-electron chi connectivity index (χ2n) is 5.56. The number of carbonyl (C=O) groups is 2. The second kappa shape index (κ2) is 9.55. The lowest BCUT2D eigenvalue weighted by Gasteiger charge is -2.31. The first-order chi connectivity index (χ1) is 12.0. The van der Waals surface area contributed by atoms with Crippen molar-refractivity contribution in [2.75, 3.05) is 33.0 Å². The van der Waals surface area contributed by atoms with Crippen molar-refractivity contribution in [1.29, 1.82) is 0 Å². The Morgan fingerprint density at radius 1 is 1.15 bits per heavy atom. The predicted molar refractivity (Wildman–Crippen MR) is 101 cm³/mol. The highest BCUT2D eigenvalue weighted by Crippen LogP contribution is 2.28. The average molecular weight is 425 g/mol. The van der Waals surface area contributed by atoms with Crippen LogP contribution in [-0.2, 0) is 24.3 Å². The summed E-state index contributed by atoms with van der Waals surface area (Å²) in [6.45, 7) is 3.20. The van der Waals surface area contributed by atoms with Crippen LogP contribution in [0.1, 0.15) is 25.5 Å². The molecule has 0 radical (unpaired) electrons. The third-order valence-corrected chi connectivity index (χ3v) is 5.31. The summed E-state index contributed by atoms with van der Waals surface area (Å²) < 4.78 is 29.1. The molecule has 0 saturated heterocycles. The van der Waals surface area contributed by atoms with E-state index in [1.54, 1.807) is 13.8 Å². The molecular formula is C16H22Cl2N2O5S. The van der Waals surface area contributed by atoms with Gasteiger partial charge in [-0.05, 0) is 37.6 Å². The summed E-state index contributed by atoms with van der Waals surface area (Å²) in [4.78, 5) is 26.4. The van der Waals surface area contributed by atoms with E-state index < -0.39 is 34.5 Å². The molecule has 0 fully saturated rings. The van der Waals surface area contributed by atoms with Crippen LogP contribution in [-0.4, -0.2) is 62.5 Å². The van der Waals surface area contributed by atoms with Crippen LogP contribution in [0.5, 0.6) is 0 Å². The molecular weight excluding hydrogens is 403 g/mol. The maximum atomic E-state index is 12.7. The zero-order valence-corrected chi connectivity index (χ0v) is 17.4. The average Bonchev–Trinajstić information content (AvgIpc) is 2.50. The van der Waals surface area contributed by atoms with Gasteiger partial charge in [0.25, 0.3) is 0 Å². The number of likely N-dealkylation sites (N-methyl/N-ethyl adjacent to an activating group) is 2. The number of nitrogens with zero attached hydrogens (tertiary/aromatic N) is 2. The van der Waals surface area contributed by atoms with Crippen LogP contribution in [0.2, 0.25) is 10.0 Å². The van der Waals surface area contributed by atoms with Crippen LogP contribution in [0.25, 0.3) is 0 Å². The number of rotatable bonds is 8. The highest BCUT2D eigenvalue weighted by Gasteiger charge is 2.33. The molecule has 1 rings (SSSR count). The van der Waals surface area contributed by atoms with Gasteiger partial charge in [0.15, 0.2) is 6.04 Å². The number of sulfonamides is 1. The molecule has 146 valence electrons.